The number of benzene rings is 4. The van der Waals surface area contributed by atoms with E-state index in [0.29, 0.717) is 0 Å². The van der Waals surface area contributed by atoms with Crippen LogP contribution in [0, 0.1) is 0 Å². The first kappa shape index (κ1) is 30.6. The summed E-state index contributed by atoms with van der Waals surface area (Å²) in [6.07, 6.45) is 23.2. The third-order valence-corrected chi connectivity index (χ3v) is 11.5. The lowest BCUT2D eigenvalue weighted by Gasteiger charge is -2.24. The summed E-state index contributed by atoms with van der Waals surface area (Å²) in [7, 11) is 0. The molecule has 0 saturated carbocycles. The van der Waals surface area contributed by atoms with E-state index < -0.39 is 0 Å². The van der Waals surface area contributed by atoms with E-state index in [2.05, 4.69) is 149 Å². The third kappa shape index (κ3) is 6.02. The molecule has 0 amide bonds. The number of fused-ring (bicyclic) bond motifs is 6. The first-order valence-corrected chi connectivity index (χ1v) is 18.6. The molecule has 50 heavy (non-hydrogen) atoms. The van der Waals surface area contributed by atoms with Crippen LogP contribution in [0.4, 0.5) is 0 Å². The number of allylic oxidation sites excluding steroid dienone is 6. The van der Waals surface area contributed by atoms with E-state index in [-0.39, 0.29) is 6.04 Å². The van der Waals surface area contributed by atoms with Gasteiger partial charge in [0.1, 0.15) is 0 Å². The number of dihydropyridines is 3. The van der Waals surface area contributed by atoms with Gasteiger partial charge in [-0.3, -0.25) is 4.98 Å². The van der Waals surface area contributed by atoms with Crippen molar-refractivity contribution < 1.29 is 0 Å². The molecule has 5 heterocycles. The van der Waals surface area contributed by atoms with Gasteiger partial charge in [0.25, 0.3) is 0 Å². The highest BCUT2D eigenvalue weighted by molar-refractivity contribution is 8.00. The number of hydrogen-bond donors (Lipinski definition) is 3. The number of rotatable bonds is 4. The Kier molecular flexibility index (Phi) is 8.25. The van der Waals surface area contributed by atoms with Crippen molar-refractivity contribution in [3.63, 3.8) is 0 Å². The molecule has 4 aromatic carbocycles. The standard InChI is InChI=1S/C44H34N4S2/c1-5-21-45-37(9-1)29-13-17-33-34-18-14-31(39-11-3-7-23-47-39)27-43(34)50-44-28-32(40-12-4-8-24-48-40)16-20-36(44)35-19-15-30(38-10-2-6-22-46-38)26-42(35)49-41(33)25-29/h1-21,23,25-28,37,45-46,48H,22,24H2. The van der Waals surface area contributed by atoms with Gasteiger partial charge in [0.15, 0.2) is 0 Å². The van der Waals surface area contributed by atoms with E-state index in [4.69, 9.17) is 4.98 Å². The lowest BCUT2D eigenvalue weighted by molar-refractivity contribution is 0.744. The first-order chi connectivity index (χ1) is 24.8. The van der Waals surface area contributed by atoms with Crippen molar-refractivity contribution >= 4 is 34.9 Å². The summed E-state index contributed by atoms with van der Waals surface area (Å²) in [5, 5.41) is 10.7. The van der Waals surface area contributed by atoms with Gasteiger partial charge in [-0.2, -0.15) is 0 Å². The molecule has 3 N–H and O–H groups in total. The van der Waals surface area contributed by atoms with Crippen molar-refractivity contribution in [3.8, 4) is 33.5 Å². The van der Waals surface area contributed by atoms with Gasteiger partial charge in [0, 0.05) is 55.8 Å². The Balaban J connectivity index is 1.27. The summed E-state index contributed by atoms with van der Waals surface area (Å²) in [6.45, 7) is 1.66. The zero-order chi connectivity index (χ0) is 33.3. The molecule has 1 atom stereocenters. The zero-order valence-corrected chi connectivity index (χ0v) is 28.9. The number of aromatic nitrogens is 1. The predicted molar refractivity (Wildman–Crippen MR) is 210 cm³/mol. The van der Waals surface area contributed by atoms with Gasteiger partial charge in [-0.05, 0) is 99.8 Å². The molecule has 0 radical (unpaired) electrons. The molecular weight excluding hydrogens is 649 g/mol. The Morgan fingerprint density at radius 3 is 1.68 bits per heavy atom. The van der Waals surface area contributed by atoms with Gasteiger partial charge in [-0.1, -0.05) is 115 Å². The number of nitrogens with zero attached hydrogens (tertiary/aromatic N) is 1. The van der Waals surface area contributed by atoms with Crippen LogP contribution < -0.4 is 16.0 Å². The molecule has 1 aromatic heterocycles. The van der Waals surface area contributed by atoms with E-state index in [9.17, 15) is 0 Å². The fraction of sp³-hybridized carbons (Fsp3) is 0.0682. The lowest BCUT2D eigenvalue weighted by atomic mass is 9.98. The van der Waals surface area contributed by atoms with Crippen molar-refractivity contribution in [1.29, 1.82) is 0 Å². The van der Waals surface area contributed by atoms with Gasteiger partial charge >= 0.3 is 0 Å². The van der Waals surface area contributed by atoms with E-state index in [1.54, 1.807) is 0 Å². The molecule has 4 nitrogen and oxygen atoms in total. The zero-order valence-electron chi connectivity index (χ0n) is 27.3. The summed E-state index contributed by atoms with van der Waals surface area (Å²) in [4.78, 5) is 9.59. The highest BCUT2D eigenvalue weighted by Gasteiger charge is 2.23. The van der Waals surface area contributed by atoms with Crippen molar-refractivity contribution in [2.75, 3.05) is 13.1 Å². The average molecular weight is 683 g/mol. The Morgan fingerprint density at radius 1 is 0.560 bits per heavy atom. The maximum Gasteiger partial charge on any atom is 0.0702 e. The predicted octanol–water partition coefficient (Wildman–Crippen LogP) is 10.4. The summed E-state index contributed by atoms with van der Waals surface area (Å²) in [6, 6.07) is 33.9. The molecule has 0 bridgehead atoms. The minimum Gasteiger partial charge on any atom is -0.381 e. The Labute approximate surface area is 301 Å². The van der Waals surface area contributed by atoms with Crippen LogP contribution in [0.2, 0.25) is 0 Å². The van der Waals surface area contributed by atoms with Crippen LogP contribution in [0.25, 0.3) is 44.9 Å². The van der Waals surface area contributed by atoms with Gasteiger partial charge in [0.2, 0.25) is 0 Å². The topological polar surface area (TPSA) is 49.0 Å². The number of nitrogens with one attached hydrogen (secondary N) is 3. The largest absolute Gasteiger partial charge is 0.381 e. The number of hydrogen-bond acceptors (Lipinski definition) is 6. The van der Waals surface area contributed by atoms with Crippen LogP contribution >= 0.6 is 23.5 Å². The molecule has 0 fully saturated rings. The normalized spacial score (nSPS) is 17.1. The lowest BCUT2D eigenvalue weighted by Crippen LogP contribution is -2.15. The monoisotopic (exact) mass is 682 g/mol. The second kappa shape index (κ2) is 13.5. The number of pyridine rings is 1. The van der Waals surface area contributed by atoms with Gasteiger partial charge in [0.05, 0.1) is 11.7 Å². The van der Waals surface area contributed by atoms with Crippen molar-refractivity contribution in [2.45, 2.75) is 25.6 Å². The van der Waals surface area contributed by atoms with Gasteiger partial charge < -0.3 is 16.0 Å². The highest BCUT2D eigenvalue weighted by atomic mass is 32.2. The van der Waals surface area contributed by atoms with Crippen LogP contribution in [0.1, 0.15) is 22.7 Å². The maximum absolute atomic E-state index is 4.71. The maximum atomic E-state index is 4.71. The van der Waals surface area contributed by atoms with Crippen LogP contribution in [0.3, 0.4) is 0 Å². The van der Waals surface area contributed by atoms with Gasteiger partial charge in [-0.15, -0.1) is 0 Å². The SMILES string of the molecule is C1=CCNC(c2ccc3c(c2)Sc2cc(-c4ccccn4)ccc2-c2ccc(C4C=CC=CN4)cc2Sc2cc(C4=CC=CCN4)ccc2-3)=C1. The van der Waals surface area contributed by atoms with E-state index in [1.165, 1.54) is 58.5 Å². The molecule has 6 heteroatoms. The quantitative estimate of drug-likeness (QED) is 0.172. The molecule has 242 valence electrons. The van der Waals surface area contributed by atoms with Crippen LogP contribution in [-0.2, 0) is 0 Å². The molecule has 1 unspecified atom stereocenters. The Hall–Kier alpha value is -5.43. The first-order valence-electron chi connectivity index (χ1n) is 16.9. The third-order valence-electron chi connectivity index (χ3n) is 9.32. The second-order valence-electron chi connectivity index (χ2n) is 12.5. The molecule has 9 rings (SSSR count). The van der Waals surface area contributed by atoms with Crippen LogP contribution in [0.15, 0.2) is 178 Å². The minimum atomic E-state index is 0.118. The second-order valence-corrected chi connectivity index (χ2v) is 14.6. The van der Waals surface area contributed by atoms with Crippen LogP contribution in [0.5, 0.6) is 0 Å². The van der Waals surface area contributed by atoms with Crippen molar-refractivity contribution in [1.82, 2.24) is 20.9 Å². The summed E-state index contributed by atoms with van der Waals surface area (Å²) in [5.41, 5.74) is 12.9. The minimum absolute atomic E-state index is 0.118. The summed E-state index contributed by atoms with van der Waals surface area (Å²) < 4.78 is 0. The average Bonchev–Trinajstić information content (AvgIpc) is 3.19. The molecule has 4 aliphatic rings. The molecular formula is C44H34N4S2. The fourth-order valence-electron chi connectivity index (χ4n) is 6.76. The van der Waals surface area contributed by atoms with Gasteiger partial charge in [-0.25, -0.2) is 0 Å². The molecule has 5 aromatic rings. The summed E-state index contributed by atoms with van der Waals surface area (Å²) in [5.74, 6) is 0. The van der Waals surface area contributed by atoms with Crippen LogP contribution in [-0.4, -0.2) is 18.1 Å². The molecule has 4 aliphatic heterocycles. The molecule has 0 spiro atoms. The van der Waals surface area contributed by atoms with Crippen molar-refractivity contribution in [3.05, 3.63) is 175 Å². The summed E-state index contributed by atoms with van der Waals surface area (Å²) >= 11 is 3.70. The Morgan fingerprint density at radius 2 is 1.14 bits per heavy atom. The Bertz CT molecular complexity index is 2310. The van der Waals surface area contributed by atoms with E-state index >= 15 is 0 Å². The molecule has 0 aliphatic carbocycles. The fourth-order valence-corrected chi connectivity index (χ4v) is 9.14. The van der Waals surface area contributed by atoms with Crippen molar-refractivity contribution in [2.24, 2.45) is 0 Å². The smallest absolute Gasteiger partial charge is 0.0702 e. The highest BCUT2D eigenvalue weighted by Crippen LogP contribution is 2.50. The van der Waals surface area contributed by atoms with E-state index in [1.807, 2.05) is 48.1 Å². The molecule has 0 saturated heterocycles. The van der Waals surface area contributed by atoms with E-state index in [0.717, 1.165) is 35.7 Å².